The van der Waals surface area contributed by atoms with Crippen molar-refractivity contribution < 1.29 is 4.79 Å². The third-order valence-corrected chi connectivity index (χ3v) is 5.87. The van der Waals surface area contributed by atoms with Crippen molar-refractivity contribution >= 4 is 33.1 Å². The van der Waals surface area contributed by atoms with Gasteiger partial charge in [-0.25, -0.2) is 9.67 Å². The normalized spacial score (nSPS) is 10.9. The van der Waals surface area contributed by atoms with Crippen LogP contribution in [0.25, 0.3) is 27.7 Å². The van der Waals surface area contributed by atoms with Gasteiger partial charge in [-0.2, -0.15) is 5.10 Å². The molecule has 0 atom stereocenters. The van der Waals surface area contributed by atoms with Crippen molar-refractivity contribution in [1.82, 2.24) is 14.8 Å². The van der Waals surface area contributed by atoms with E-state index in [9.17, 15) is 9.59 Å². The van der Waals surface area contributed by atoms with E-state index in [4.69, 9.17) is 0 Å². The zero-order chi connectivity index (χ0) is 22.1. The van der Waals surface area contributed by atoms with Gasteiger partial charge in [0.25, 0.3) is 5.91 Å². The number of hydrogen-bond acceptors (Lipinski definition) is 5. The second kappa shape index (κ2) is 8.20. The molecule has 0 aliphatic rings. The summed E-state index contributed by atoms with van der Waals surface area (Å²) in [6, 6.07) is 24.9. The molecule has 0 aliphatic carbocycles. The van der Waals surface area contributed by atoms with Crippen molar-refractivity contribution in [2.45, 2.75) is 6.92 Å². The lowest BCUT2D eigenvalue weighted by atomic mass is 10.0. The molecule has 3 aromatic carbocycles. The van der Waals surface area contributed by atoms with Crippen LogP contribution in [0.15, 0.2) is 89.0 Å². The van der Waals surface area contributed by atoms with E-state index in [-0.39, 0.29) is 5.69 Å². The molecule has 2 heterocycles. The number of aryl methyl sites for hydroxylation is 1. The number of nitrogens with zero attached hydrogens (tertiary/aromatic N) is 3. The second-order valence-corrected chi connectivity index (χ2v) is 8.12. The van der Waals surface area contributed by atoms with Crippen molar-refractivity contribution in [2.24, 2.45) is 0 Å². The van der Waals surface area contributed by atoms with Crippen LogP contribution in [0.5, 0.6) is 0 Å². The number of thiazole rings is 1. The van der Waals surface area contributed by atoms with Crippen molar-refractivity contribution in [3.8, 4) is 16.9 Å². The molecule has 0 fully saturated rings. The summed E-state index contributed by atoms with van der Waals surface area (Å²) in [5.74, 6) is -0.585. The predicted molar refractivity (Wildman–Crippen MR) is 128 cm³/mol. The van der Waals surface area contributed by atoms with Crippen LogP contribution in [-0.2, 0) is 0 Å². The van der Waals surface area contributed by atoms with Gasteiger partial charge in [0.05, 0.1) is 11.4 Å². The number of amides is 1. The molecule has 1 amide bonds. The number of hydrogen-bond donors (Lipinski definition) is 1. The highest BCUT2D eigenvalue weighted by molar-refractivity contribution is 7.14. The molecule has 1 N–H and O–H groups in total. The highest BCUT2D eigenvalue weighted by Gasteiger charge is 2.17. The van der Waals surface area contributed by atoms with Gasteiger partial charge >= 0.3 is 0 Å². The number of aromatic nitrogens is 3. The molecular weight excluding hydrogens is 420 g/mol. The Kier molecular flexibility index (Phi) is 5.09. The molecule has 0 saturated heterocycles. The van der Waals surface area contributed by atoms with Crippen LogP contribution in [0, 0.1) is 6.92 Å². The van der Waals surface area contributed by atoms with Crippen molar-refractivity contribution in [1.29, 1.82) is 0 Å². The fraction of sp³-hybridized carbons (Fsp3) is 0.0400. The number of fused-ring (bicyclic) bond motifs is 1. The van der Waals surface area contributed by atoms with Crippen molar-refractivity contribution in [3.05, 3.63) is 106 Å². The molecule has 0 unspecified atom stereocenters. The van der Waals surface area contributed by atoms with E-state index < -0.39 is 11.3 Å². The van der Waals surface area contributed by atoms with Crippen molar-refractivity contribution in [2.75, 3.05) is 5.32 Å². The quantitative estimate of drug-likeness (QED) is 0.425. The molecule has 5 rings (SSSR count). The molecule has 0 bridgehead atoms. The van der Waals surface area contributed by atoms with Gasteiger partial charge in [-0.3, -0.25) is 14.9 Å². The number of rotatable bonds is 4. The smallest absolute Gasteiger partial charge is 0.281 e. The fourth-order valence-corrected chi connectivity index (χ4v) is 4.30. The first-order valence-electron chi connectivity index (χ1n) is 10.0. The summed E-state index contributed by atoms with van der Waals surface area (Å²) in [6.07, 6.45) is 0. The lowest BCUT2D eigenvalue weighted by Gasteiger charge is -2.10. The zero-order valence-electron chi connectivity index (χ0n) is 17.1. The van der Waals surface area contributed by atoms with Crippen LogP contribution < -0.4 is 10.7 Å². The third-order valence-electron chi connectivity index (χ3n) is 5.11. The average Bonchev–Trinajstić information content (AvgIpc) is 3.27. The molecule has 156 valence electrons. The van der Waals surface area contributed by atoms with E-state index in [1.807, 2.05) is 66.0 Å². The van der Waals surface area contributed by atoms with Crippen LogP contribution in [0.4, 0.5) is 5.13 Å². The molecular formula is C25H18N4O2S. The number of carbonyl (C=O) groups is 1. The molecule has 0 saturated carbocycles. The molecule has 5 aromatic rings. The summed E-state index contributed by atoms with van der Waals surface area (Å²) < 4.78 is 1.58. The average molecular weight is 439 g/mol. The summed E-state index contributed by atoms with van der Waals surface area (Å²) in [7, 11) is 0. The number of nitrogens with one attached hydrogen (secondary N) is 1. The van der Waals surface area contributed by atoms with E-state index in [1.54, 1.807) is 11.6 Å². The van der Waals surface area contributed by atoms with E-state index >= 15 is 0 Å². The fourth-order valence-electron chi connectivity index (χ4n) is 3.60. The minimum atomic E-state index is -0.585. The third kappa shape index (κ3) is 3.70. The summed E-state index contributed by atoms with van der Waals surface area (Å²) in [5, 5.41) is 11.5. The highest BCUT2D eigenvalue weighted by atomic mass is 32.1. The lowest BCUT2D eigenvalue weighted by Crippen LogP contribution is -2.26. The van der Waals surface area contributed by atoms with Gasteiger partial charge in [-0.05, 0) is 29.8 Å². The van der Waals surface area contributed by atoms with Gasteiger partial charge in [0.15, 0.2) is 10.8 Å². The first-order chi connectivity index (χ1) is 15.6. The van der Waals surface area contributed by atoms with E-state index in [0.29, 0.717) is 10.8 Å². The maximum Gasteiger partial charge on any atom is 0.281 e. The Morgan fingerprint density at radius 3 is 2.56 bits per heavy atom. The molecule has 7 heteroatoms. The molecule has 0 aliphatic heterocycles. The predicted octanol–water partition coefficient (Wildman–Crippen LogP) is 5.07. The number of para-hydroxylation sites is 1. The van der Waals surface area contributed by atoms with E-state index in [0.717, 1.165) is 27.7 Å². The maximum absolute atomic E-state index is 12.9. The topological polar surface area (TPSA) is 76.9 Å². The minimum Gasteiger partial charge on any atom is -0.296 e. The van der Waals surface area contributed by atoms with Gasteiger partial charge in [-0.15, -0.1) is 11.3 Å². The second-order valence-electron chi connectivity index (χ2n) is 7.26. The number of anilines is 1. The largest absolute Gasteiger partial charge is 0.296 e. The van der Waals surface area contributed by atoms with Crippen LogP contribution in [0.2, 0.25) is 0 Å². The molecule has 0 spiro atoms. The number of carbonyl (C=O) groups excluding carboxylic acids is 1. The Morgan fingerprint density at radius 1 is 0.969 bits per heavy atom. The lowest BCUT2D eigenvalue weighted by molar-refractivity contribution is 0.101. The number of benzene rings is 3. The standard InChI is InChI=1S/C25H18N4O2S/c1-16-14-22(30)23(28-29(16)18-10-3-2-4-11-18)24(31)27-25-26-21(15-32-25)20-13-7-9-17-8-5-6-12-19(17)20/h2-15H,1H3,(H,26,27,31). The maximum atomic E-state index is 12.9. The first kappa shape index (κ1) is 19.8. The van der Waals surface area contributed by atoms with Crippen molar-refractivity contribution in [3.63, 3.8) is 0 Å². The van der Waals surface area contributed by atoms with Gasteiger partial charge in [-0.1, -0.05) is 60.7 Å². The van der Waals surface area contributed by atoms with Gasteiger partial charge < -0.3 is 0 Å². The Bertz CT molecular complexity index is 1500. The summed E-state index contributed by atoms with van der Waals surface area (Å²) in [4.78, 5) is 29.9. The van der Waals surface area contributed by atoms with Gasteiger partial charge in [0, 0.05) is 22.7 Å². The minimum absolute atomic E-state index is 0.179. The van der Waals surface area contributed by atoms with Gasteiger partial charge in [0.2, 0.25) is 5.43 Å². The Labute approximate surface area is 187 Å². The summed E-state index contributed by atoms with van der Waals surface area (Å²) >= 11 is 1.31. The monoisotopic (exact) mass is 438 g/mol. The zero-order valence-corrected chi connectivity index (χ0v) is 18.0. The van der Waals surface area contributed by atoms with E-state index in [1.165, 1.54) is 17.4 Å². The molecule has 0 radical (unpaired) electrons. The van der Waals surface area contributed by atoms with Crippen LogP contribution in [0.3, 0.4) is 0 Å². The van der Waals surface area contributed by atoms with Crippen LogP contribution in [0.1, 0.15) is 16.2 Å². The molecule has 32 heavy (non-hydrogen) atoms. The Balaban J connectivity index is 1.45. The Morgan fingerprint density at radius 2 is 1.72 bits per heavy atom. The summed E-state index contributed by atoms with van der Waals surface area (Å²) in [6.45, 7) is 1.78. The molecule has 2 aromatic heterocycles. The van der Waals surface area contributed by atoms with E-state index in [2.05, 4.69) is 27.5 Å². The SMILES string of the molecule is Cc1cc(=O)c(C(=O)Nc2nc(-c3cccc4ccccc34)cs2)nn1-c1ccccc1. The Hall–Kier alpha value is -4.10. The van der Waals surface area contributed by atoms with Gasteiger partial charge in [0.1, 0.15) is 0 Å². The van der Waals surface area contributed by atoms with Crippen LogP contribution in [-0.4, -0.2) is 20.7 Å². The highest BCUT2D eigenvalue weighted by Crippen LogP contribution is 2.31. The molecule has 6 nitrogen and oxygen atoms in total. The summed E-state index contributed by atoms with van der Waals surface area (Å²) in [5.41, 5.74) is 2.55. The first-order valence-corrected chi connectivity index (χ1v) is 10.9. The van der Waals surface area contributed by atoms with Crippen LogP contribution >= 0.6 is 11.3 Å².